The molecule has 1 aliphatic heterocycles. The third kappa shape index (κ3) is 4.04. The molecule has 2 aromatic rings. The normalized spacial score (nSPS) is 13.2. The molecule has 0 spiro atoms. The van der Waals surface area contributed by atoms with E-state index >= 15 is 0 Å². The zero-order chi connectivity index (χ0) is 18.0. The maximum absolute atomic E-state index is 12.4. The smallest absolute Gasteiger partial charge is 0.251 e. The number of hydrogen-bond acceptors (Lipinski definition) is 3. The molecule has 4 nitrogen and oxygen atoms in total. The molecule has 3 rings (SSSR count). The van der Waals surface area contributed by atoms with Crippen molar-refractivity contribution in [2.24, 2.45) is 0 Å². The van der Waals surface area contributed by atoms with Gasteiger partial charge in [-0.1, -0.05) is 17.7 Å². The van der Waals surface area contributed by atoms with Gasteiger partial charge in [0.1, 0.15) is 0 Å². The van der Waals surface area contributed by atoms with Crippen LogP contribution < -0.4 is 10.6 Å². The Morgan fingerprint density at radius 1 is 1.16 bits per heavy atom. The number of anilines is 1. The lowest BCUT2D eigenvalue weighted by Gasteiger charge is -2.17. The summed E-state index contributed by atoms with van der Waals surface area (Å²) in [7, 11) is 0. The Balaban J connectivity index is 1.64. The van der Waals surface area contributed by atoms with Gasteiger partial charge < -0.3 is 10.6 Å². The van der Waals surface area contributed by atoms with E-state index in [-0.39, 0.29) is 11.8 Å². The number of fused-ring (bicyclic) bond motifs is 1. The molecule has 0 fully saturated rings. The molecule has 0 atom stereocenters. The van der Waals surface area contributed by atoms with Crippen LogP contribution in [0.25, 0.3) is 0 Å². The highest BCUT2D eigenvalue weighted by Gasteiger charge is 2.17. The van der Waals surface area contributed by atoms with Crippen molar-refractivity contribution in [1.29, 1.82) is 0 Å². The van der Waals surface area contributed by atoms with Gasteiger partial charge in [0, 0.05) is 17.0 Å². The van der Waals surface area contributed by atoms with Gasteiger partial charge >= 0.3 is 0 Å². The minimum Gasteiger partial charge on any atom is -0.352 e. The monoisotopic (exact) mass is 354 g/mol. The molecule has 0 saturated carbocycles. The van der Waals surface area contributed by atoms with Gasteiger partial charge in [0.15, 0.2) is 0 Å². The van der Waals surface area contributed by atoms with Gasteiger partial charge in [-0.3, -0.25) is 9.59 Å². The summed E-state index contributed by atoms with van der Waals surface area (Å²) in [6, 6.07) is 9.79. The summed E-state index contributed by atoms with van der Waals surface area (Å²) in [5.74, 6) is 0.281. The molecule has 2 amide bonds. The van der Waals surface area contributed by atoms with Crippen LogP contribution >= 0.6 is 11.8 Å². The Morgan fingerprint density at radius 2 is 1.88 bits per heavy atom. The molecule has 0 unspecified atom stereocenters. The van der Waals surface area contributed by atoms with E-state index in [4.69, 9.17) is 0 Å². The highest BCUT2D eigenvalue weighted by molar-refractivity contribution is 8.00. The molecule has 5 heteroatoms. The number of rotatable bonds is 4. The fourth-order valence-corrected chi connectivity index (χ4v) is 4.02. The SMILES string of the molecule is Cc1cc(C)c(CCNC(=O)c2ccc3c(c2)NC(=O)CS3)c(C)c1. The largest absolute Gasteiger partial charge is 0.352 e. The summed E-state index contributed by atoms with van der Waals surface area (Å²) >= 11 is 1.49. The molecule has 0 aromatic heterocycles. The van der Waals surface area contributed by atoms with Gasteiger partial charge in [-0.25, -0.2) is 0 Å². The van der Waals surface area contributed by atoms with E-state index in [1.165, 1.54) is 34.0 Å². The Kier molecular flexibility index (Phi) is 5.13. The lowest BCUT2D eigenvalue weighted by Crippen LogP contribution is -2.26. The first-order chi connectivity index (χ1) is 11.9. The topological polar surface area (TPSA) is 58.2 Å². The molecule has 1 heterocycles. The minimum absolute atomic E-state index is 0.0274. The molecule has 0 saturated heterocycles. The Morgan fingerprint density at radius 3 is 2.60 bits per heavy atom. The van der Waals surface area contributed by atoms with E-state index in [0.29, 0.717) is 17.9 Å². The first-order valence-electron chi connectivity index (χ1n) is 8.35. The van der Waals surface area contributed by atoms with Gasteiger partial charge in [-0.2, -0.15) is 0 Å². The van der Waals surface area contributed by atoms with Gasteiger partial charge in [-0.15, -0.1) is 11.8 Å². The number of nitrogens with one attached hydrogen (secondary N) is 2. The number of amides is 2. The van der Waals surface area contributed by atoms with Gasteiger partial charge in [-0.05, 0) is 62.1 Å². The molecule has 0 aliphatic carbocycles. The first kappa shape index (κ1) is 17.5. The van der Waals surface area contributed by atoms with E-state index in [2.05, 4.69) is 43.5 Å². The number of aryl methyl sites for hydroxylation is 3. The lowest BCUT2D eigenvalue weighted by molar-refractivity contribution is -0.113. The molecule has 0 bridgehead atoms. The standard InChI is InChI=1S/C20H22N2O2S/c1-12-8-13(2)16(14(3)9-12)6-7-21-20(24)15-4-5-18-17(10-15)22-19(23)11-25-18/h4-5,8-10H,6-7,11H2,1-3H3,(H,21,24)(H,22,23). The van der Waals surface area contributed by atoms with E-state index in [0.717, 1.165) is 17.0 Å². The van der Waals surface area contributed by atoms with E-state index in [1.807, 2.05) is 6.07 Å². The van der Waals surface area contributed by atoms with Crippen molar-refractivity contribution in [2.75, 3.05) is 17.6 Å². The summed E-state index contributed by atoms with van der Waals surface area (Å²) in [5, 5.41) is 5.79. The summed E-state index contributed by atoms with van der Waals surface area (Å²) in [5.41, 5.74) is 6.37. The van der Waals surface area contributed by atoms with Crippen LogP contribution in [0.3, 0.4) is 0 Å². The highest BCUT2D eigenvalue weighted by atomic mass is 32.2. The number of benzene rings is 2. The molecule has 2 N–H and O–H groups in total. The fourth-order valence-electron chi connectivity index (χ4n) is 3.23. The third-order valence-corrected chi connectivity index (χ3v) is 5.45. The van der Waals surface area contributed by atoms with E-state index < -0.39 is 0 Å². The third-order valence-electron chi connectivity index (χ3n) is 4.38. The fraction of sp³-hybridized carbons (Fsp3) is 0.300. The molecule has 130 valence electrons. The van der Waals surface area contributed by atoms with Crippen LogP contribution in [-0.4, -0.2) is 24.1 Å². The second-order valence-electron chi connectivity index (χ2n) is 6.43. The average molecular weight is 354 g/mol. The molecular formula is C20H22N2O2S. The second kappa shape index (κ2) is 7.31. The number of thioether (sulfide) groups is 1. The van der Waals surface area contributed by atoms with Crippen LogP contribution in [-0.2, 0) is 11.2 Å². The maximum Gasteiger partial charge on any atom is 0.251 e. The summed E-state index contributed by atoms with van der Waals surface area (Å²) in [4.78, 5) is 24.9. The van der Waals surface area contributed by atoms with Crippen LogP contribution in [0.1, 0.15) is 32.6 Å². The quantitative estimate of drug-likeness (QED) is 0.881. The highest BCUT2D eigenvalue weighted by Crippen LogP contribution is 2.31. The van der Waals surface area contributed by atoms with Crippen LogP contribution in [0.4, 0.5) is 5.69 Å². The predicted molar refractivity (Wildman–Crippen MR) is 102 cm³/mol. The van der Waals surface area contributed by atoms with E-state index in [1.54, 1.807) is 12.1 Å². The summed E-state index contributed by atoms with van der Waals surface area (Å²) in [6.07, 6.45) is 0.807. The Bertz CT molecular complexity index is 823. The summed E-state index contributed by atoms with van der Waals surface area (Å²) in [6.45, 7) is 6.91. The van der Waals surface area contributed by atoms with Crippen LogP contribution in [0.15, 0.2) is 35.2 Å². The molecule has 1 aliphatic rings. The number of hydrogen-bond donors (Lipinski definition) is 2. The van der Waals surface area contributed by atoms with Crippen molar-refractivity contribution in [3.63, 3.8) is 0 Å². The second-order valence-corrected chi connectivity index (χ2v) is 7.45. The Labute approximate surface area is 152 Å². The minimum atomic E-state index is -0.116. The first-order valence-corrected chi connectivity index (χ1v) is 9.34. The van der Waals surface area contributed by atoms with E-state index in [9.17, 15) is 9.59 Å². The zero-order valence-electron chi connectivity index (χ0n) is 14.7. The van der Waals surface area contributed by atoms with Gasteiger partial charge in [0.25, 0.3) is 5.91 Å². The van der Waals surface area contributed by atoms with Crippen molar-refractivity contribution >= 4 is 29.3 Å². The number of carbonyl (C=O) groups excluding carboxylic acids is 2. The van der Waals surface area contributed by atoms with Crippen LogP contribution in [0, 0.1) is 20.8 Å². The zero-order valence-corrected chi connectivity index (χ0v) is 15.5. The molecule has 25 heavy (non-hydrogen) atoms. The molecule has 2 aromatic carbocycles. The Hall–Kier alpha value is -2.27. The lowest BCUT2D eigenvalue weighted by atomic mass is 9.97. The average Bonchev–Trinajstić information content (AvgIpc) is 2.56. The predicted octanol–water partition coefficient (Wildman–Crippen LogP) is 3.63. The van der Waals surface area contributed by atoms with Crippen molar-refractivity contribution in [2.45, 2.75) is 32.1 Å². The molecule has 0 radical (unpaired) electrons. The van der Waals surface area contributed by atoms with Crippen molar-refractivity contribution in [3.8, 4) is 0 Å². The van der Waals surface area contributed by atoms with Gasteiger partial charge in [0.05, 0.1) is 11.4 Å². The van der Waals surface area contributed by atoms with Crippen LogP contribution in [0.2, 0.25) is 0 Å². The molecular weight excluding hydrogens is 332 g/mol. The van der Waals surface area contributed by atoms with Crippen molar-refractivity contribution < 1.29 is 9.59 Å². The number of carbonyl (C=O) groups is 2. The van der Waals surface area contributed by atoms with Crippen molar-refractivity contribution in [3.05, 3.63) is 58.1 Å². The van der Waals surface area contributed by atoms with Gasteiger partial charge in [0.2, 0.25) is 5.91 Å². The van der Waals surface area contributed by atoms with Crippen molar-refractivity contribution in [1.82, 2.24) is 5.32 Å². The maximum atomic E-state index is 12.4. The summed E-state index contributed by atoms with van der Waals surface area (Å²) < 4.78 is 0. The van der Waals surface area contributed by atoms with Crippen LogP contribution in [0.5, 0.6) is 0 Å².